The third kappa shape index (κ3) is 3.32. The van der Waals surface area contributed by atoms with Crippen LogP contribution in [0.2, 0.25) is 0 Å². The van der Waals surface area contributed by atoms with Gasteiger partial charge in [0, 0.05) is 34.9 Å². The highest BCUT2D eigenvalue weighted by Gasteiger charge is 2.10. The average molecular weight is 336 g/mol. The van der Waals surface area contributed by atoms with E-state index in [1.807, 2.05) is 49.5 Å². The van der Waals surface area contributed by atoms with Crippen LogP contribution >= 0.6 is 15.9 Å². The Bertz CT molecular complexity index is 586. The van der Waals surface area contributed by atoms with Crippen LogP contribution in [0, 0.1) is 0 Å². The number of benzene rings is 2. The smallest absolute Gasteiger partial charge is 0.123 e. The maximum atomic E-state index is 9.46. The Hall–Kier alpha value is -1.52. The van der Waals surface area contributed by atoms with E-state index in [0.717, 1.165) is 27.0 Å². The number of hydrogen-bond donors (Lipinski definition) is 1. The quantitative estimate of drug-likeness (QED) is 0.906. The maximum absolute atomic E-state index is 9.46. The Morgan fingerprint density at radius 3 is 2.60 bits per heavy atom. The van der Waals surface area contributed by atoms with Gasteiger partial charge in [-0.15, -0.1) is 0 Å². The van der Waals surface area contributed by atoms with E-state index in [9.17, 15) is 5.11 Å². The second kappa shape index (κ2) is 6.77. The van der Waals surface area contributed by atoms with Gasteiger partial charge in [0.2, 0.25) is 0 Å². The van der Waals surface area contributed by atoms with Crippen LogP contribution in [0.3, 0.4) is 0 Å². The van der Waals surface area contributed by atoms with Gasteiger partial charge < -0.3 is 14.7 Å². The first-order valence-corrected chi connectivity index (χ1v) is 7.17. The fourth-order valence-corrected chi connectivity index (χ4v) is 2.55. The molecule has 0 aliphatic rings. The van der Waals surface area contributed by atoms with E-state index in [2.05, 4.69) is 20.8 Å². The molecule has 0 radical (unpaired) electrons. The lowest BCUT2D eigenvalue weighted by atomic mass is 10.1. The Kier molecular flexibility index (Phi) is 5.04. The zero-order valence-electron chi connectivity index (χ0n) is 11.6. The van der Waals surface area contributed by atoms with Crippen LogP contribution in [-0.2, 0) is 13.2 Å². The molecule has 0 amide bonds. The van der Waals surface area contributed by atoms with Gasteiger partial charge in [0.1, 0.15) is 5.75 Å². The van der Waals surface area contributed by atoms with Crippen LogP contribution in [0.5, 0.6) is 5.75 Å². The summed E-state index contributed by atoms with van der Waals surface area (Å²) in [5, 5.41) is 9.46. The monoisotopic (exact) mass is 335 g/mol. The highest BCUT2D eigenvalue weighted by atomic mass is 79.9. The topological polar surface area (TPSA) is 32.7 Å². The number of halogens is 1. The summed E-state index contributed by atoms with van der Waals surface area (Å²) in [5.41, 5.74) is 3.03. The van der Waals surface area contributed by atoms with Gasteiger partial charge in [0.25, 0.3) is 0 Å². The van der Waals surface area contributed by atoms with Crippen molar-refractivity contribution in [2.75, 3.05) is 19.1 Å². The second-order valence-corrected chi connectivity index (χ2v) is 5.51. The lowest BCUT2D eigenvalue weighted by molar-refractivity contribution is 0.282. The number of aliphatic hydroxyl groups is 1. The minimum atomic E-state index is 0.0267. The lowest BCUT2D eigenvalue weighted by Crippen LogP contribution is -2.18. The minimum Gasteiger partial charge on any atom is -0.496 e. The standard InChI is InChI=1S/C16H18BrNO2/c1-18(10-12-5-3-4-6-16(12)20-2)15-9-14(17)8-7-13(15)11-19/h3-9,19H,10-11H2,1-2H3. The molecule has 1 N–H and O–H groups in total. The molecule has 2 aromatic carbocycles. The van der Waals surface area contributed by atoms with Gasteiger partial charge in [-0.2, -0.15) is 0 Å². The minimum absolute atomic E-state index is 0.0267. The van der Waals surface area contributed by atoms with Crippen LogP contribution in [0.15, 0.2) is 46.9 Å². The van der Waals surface area contributed by atoms with Crippen molar-refractivity contribution in [2.45, 2.75) is 13.2 Å². The Labute approximate surface area is 127 Å². The summed E-state index contributed by atoms with van der Waals surface area (Å²) in [7, 11) is 3.68. The summed E-state index contributed by atoms with van der Waals surface area (Å²) < 4.78 is 6.37. The molecule has 106 valence electrons. The van der Waals surface area contributed by atoms with E-state index in [1.165, 1.54) is 0 Å². The van der Waals surface area contributed by atoms with Gasteiger partial charge in [-0.1, -0.05) is 40.2 Å². The zero-order valence-corrected chi connectivity index (χ0v) is 13.2. The molecular formula is C16H18BrNO2. The average Bonchev–Trinajstić information content (AvgIpc) is 2.47. The highest BCUT2D eigenvalue weighted by molar-refractivity contribution is 9.10. The van der Waals surface area contributed by atoms with Gasteiger partial charge >= 0.3 is 0 Å². The molecule has 20 heavy (non-hydrogen) atoms. The molecule has 0 saturated carbocycles. The number of rotatable bonds is 5. The van der Waals surface area contributed by atoms with Crippen LogP contribution in [-0.4, -0.2) is 19.3 Å². The molecule has 0 aromatic heterocycles. The summed E-state index contributed by atoms with van der Waals surface area (Å²) in [6.07, 6.45) is 0. The SMILES string of the molecule is COc1ccccc1CN(C)c1cc(Br)ccc1CO. The number of methoxy groups -OCH3 is 1. The van der Waals surface area contributed by atoms with E-state index >= 15 is 0 Å². The fraction of sp³-hybridized carbons (Fsp3) is 0.250. The molecular weight excluding hydrogens is 318 g/mol. The molecule has 4 heteroatoms. The molecule has 0 aliphatic carbocycles. The summed E-state index contributed by atoms with van der Waals surface area (Å²) in [4.78, 5) is 2.11. The fourth-order valence-electron chi connectivity index (χ4n) is 2.20. The molecule has 3 nitrogen and oxygen atoms in total. The first-order valence-electron chi connectivity index (χ1n) is 6.38. The van der Waals surface area contributed by atoms with Crippen molar-refractivity contribution in [3.05, 3.63) is 58.1 Å². The Morgan fingerprint density at radius 2 is 1.90 bits per heavy atom. The van der Waals surface area contributed by atoms with Crippen molar-refractivity contribution in [2.24, 2.45) is 0 Å². The molecule has 0 heterocycles. The Morgan fingerprint density at radius 1 is 1.15 bits per heavy atom. The summed E-state index contributed by atoms with van der Waals surface area (Å²) in [6, 6.07) is 13.8. The number of nitrogens with zero attached hydrogens (tertiary/aromatic N) is 1. The van der Waals surface area contributed by atoms with E-state index in [4.69, 9.17) is 4.74 Å². The predicted molar refractivity (Wildman–Crippen MR) is 85.2 cm³/mol. The molecule has 0 aliphatic heterocycles. The number of ether oxygens (including phenoxy) is 1. The van der Waals surface area contributed by atoms with Crippen LogP contribution in [0.25, 0.3) is 0 Å². The number of anilines is 1. The summed E-state index contributed by atoms with van der Waals surface area (Å²) >= 11 is 3.47. The van der Waals surface area contributed by atoms with Crippen molar-refractivity contribution >= 4 is 21.6 Å². The van der Waals surface area contributed by atoms with Gasteiger partial charge in [-0.05, 0) is 18.2 Å². The predicted octanol–water partition coefficient (Wildman–Crippen LogP) is 3.59. The third-order valence-electron chi connectivity index (χ3n) is 3.23. The largest absolute Gasteiger partial charge is 0.496 e. The van der Waals surface area contributed by atoms with Crippen LogP contribution in [0.4, 0.5) is 5.69 Å². The number of para-hydroxylation sites is 1. The first kappa shape index (κ1) is 14.9. The molecule has 0 unspecified atom stereocenters. The Balaban J connectivity index is 2.28. The van der Waals surface area contributed by atoms with Crippen molar-refractivity contribution < 1.29 is 9.84 Å². The molecule has 0 atom stereocenters. The van der Waals surface area contributed by atoms with E-state index < -0.39 is 0 Å². The van der Waals surface area contributed by atoms with E-state index in [1.54, 1.807) is 7.11 Å². The van der Waals surface area contributed by atoms with Crippen molar-refractivity contribution in [3.8, 4) is 5.75 Å². The van der Waals surface area contributed by atoms with Crippen molar-refractivity contribution in [1.82, 2.24) is 0 Å². The van der Waals surface area contributed by atoms with Crippen molar-refractivity contribution in [3.63, 3.8) is 0 Å². The molecule has 0 saturated heterocycles. The molecule has 0 fully saturated rings. The maximum Gasteiger partial charge on any atom is 0.123 e. The lowest BCUT2D eigenvalue weighted by Gasteiger charge is -2.23. The molecule has 2 aromatic rings. The van der Waals surface area contributed by atoms with Gasteiger partial charge in [-0.3, -0.25) is 0 Å². The van der Waals surface area contributed by atoms with Crippen LogP contribution in [0.1, 0.15) is 11.1 Å². The third-order valence-corrected chi connectivity index (χ3v) is 3.72. The highest BCUT2D eigenvalue weighted by Crippen LogP contribution is 2.27. The first-order chi connectivity index (χ1) is 9.65. The normalized spacial score (nSPS) is 10.4. The summed E-state index contributed by atoms with van der Waals surface area (Å²) in [6.45, 7) is 0.742. The van der Waals surface area contributed by atoms with E-state index in [0.29, 0.717) is 6.54 Å². The van der Waals surface area contributed by atoms with Gasteiger partial charge in [0.15, 0.2) is 0 Å². The van der Waals surface area contributed by atoms with Gasteiger partial charge in [0.05, 0.1) is 13.7 Å². The molecule has 2 rings (SSSR count). The zero-order chi connectivity index (χ0) is 14.5. The number of hydrogen-bond acceptors (Lipinski definition) is 3. The number of aliphatic hydroxyl groups excluding tert-OH is 1. The van der Waals surface area contributed by atoms with E-state index in [-0.39, 0.29) is 6.61 Å². The van der Waals surface area contributed by atoms with Crippen molar-refractivity contribution in [1.29, 1.82) is 0 Å². The van der Waals surface area contributed by atoms with Crippen LogP contribution < -0.4 is 9.64 Å². The van der Waals surface area contributed by atoms with Gasteiger partial charge in [-0.25, -0.2) is 0 Å². The molecule has 0 spiro atoms. The summed E-state index contributed by atoms with van der Waals surface area (Å²) in [5.74, 6) is 0.875. The second-order valence-electron chi connectivity index (χ2n) is 4.60. The molecule has 0 bridgehead atoms.